The second-order valence-corrected chi connectivity index (χ2v) is 5.59. The zero-order valence-electron chi connectivity index (χ0n) is 11.0. The van der Waals surface area contributed by atoms with Gasteiger partial charge in [-0.3, -0.25) is 0 Å². The van der Waals surface area contributed by atoms with Crippen molar-refractivity contribution in [2.24, 2.45) is 0 Å². The molecule has 1 N–H and O–H groups in total. The average Bonchev–Trinajstić information content (AvgIpc) is 2.65. The Morgan fingerprint density at radius 2 is 1.94 bits per heavy atom. The van der Waals surface area contributed by atoms with E-state index in [-0.39, 0.29) is 5.41 Å². The maximum atomic E-state index is 9.89. The summed E-state index contributed by atoms with van der Waals surface area (Å²) in [6.07, 6.45) is 3.67. The van der Waals surface area contributed by atoms with E-state index < -0.39 is 0 Å². The van der Waals surface area contributed by atoms with Crippen molar-refractivity contribution < 1.29 is 9.52 Å². The first-order chi connectivity index (χ1) is 7.95. The molecule has 1 aromatic carbocycles. The highest BCUT2D eigenvalue weighted by molar-refractivity contribution is 5.86. The predicted molar refractivity (Wildman–Crippen MR) is 70.6 cm³/mol. The van der Waals surface area contributed by atoms with Gasteiger partial charge in [-0.1, -0.05) is 34.1 Å². The number of phenols is 1. The normalized spacial score (nSPS) is 12.2. The van der Waals surface area contributed by atoms with Gasteiger partial charge in [-0.25, -0.2) is 0 Å². The summed E-state index contributed by atoms with van der Waals surface area (Å²) in [4.78, 5) is 0. The summed E-state index contributed by atoms with van der Waals surface area (Å²) in [5.74, 6) is 0.342. The van der Waals surface area contributed by atoms with Crippen LogP contribution in [0, 0.1) is 0 Å². The molecular formula is C15H20O2. The standard InChI is InChI=1S/C15H20O2/c1-5-6-11-13(16)8-7-10-12(15(2,3)4)9-17-14(10)11/h7-9,16H,5-6H2,1-4H3. The summed E-state index contributed by atoms with van der Waals surface area (Å²) in [7, 11) is 0. The van der Waals surface area contributed by atoms with Crippen molar-refractivity contribution >= 4 is 11.0 Å². The second-order valence-electron chi connectivity index (χ2n) is 5.59. The molecule has 0 amide bonds. The minimum Gasteiger partial charge on any atom is -0.508 e. The van der Waals surface area contributed by atoms with E-state index in [9.17, 15) is 5.11 Å². The van der Waals surface area contributed by atoms with Crippen LogP contribution in [0.1, 0.15) is 45.2 Å². The highest BCUT2D eigenvalue weighted by Crippen LogP contribution is 2.36. The van der Waals surface area contributed by atoms with Crippen molar-refractivity contribution in [3.8, 4) is 5.75 Å². The summed E-state index contributed by atoms with van der Waals surface area (Å²) in [6.45, 7) is 8.61. The van der Waals surface area contributed by atoms with Crippen molar-refractivity contribution in [3.05, 3.63) is 29.5 Å². The van der Waals surface area contributed by atoms with Crippen LogP contribution in [0.25, 0.3) is 11.0 Å². The number of aromatic hydroxyl groups is 1. The van der Waals surface area contributed by atoms with Crippen LogP contribution in [0.4, 0.5) is 0 Å². The van der Waals surface area contributed by atoms with E-state index in [4.69, 9.17) is 4.42 Å². The molecule has 0 aliphatic carbocycles. The molecule has 2 heteroatoms. The molecule has 17 heavy (non-hydrogen) atoms. The summed E-state index contributed by atoms with van der Waals surface area (Å²) >= 11 is 0. The van der Waals surface area contributed by atoms with Gasteiger partial charge in [0.2, 0.25) is 0 Å². The first kappa shape index (κ1) is 12.0. The molecule has 0 aliphatic rings. The Morgan fingerprint density at radius 1 is 1.24 bits per heavy atom. The maximum Gasteiger partial charge on any atom is 0.141 e. The number of phenolic OH excluding ortho intramolecular Hbond substituents is 1. The van der Waals surface area contributed by atoms with E-state index in [2.05, 4.69) is 27.7 Å². The highest BCUT2D eigenvalue weighted by Gasteiger charge is 2.21. The zero-order chi connectivity index (χ0) is 12.6. The molecule has 0 bridgehead atoms. The van der Waals surface area contributed by atoms with Crippen molar-refractivity contribution in [3.63, 3.8) is 0 Å². The van der Waals surface area contributed by atoms with Crippen molar-refractivity contribution in [2.75, 3.05) is 0 Å². The molecule has 1 heterocycles. The lowest BCUT2D eigenvalue weighted by atomic mass is 9.86. The molecule has 92 valence electrons. The SMILES string of the molecule is CCCc1c(O)ccc2c(C(C)(C)C)coc12. The monoisotopic (exact) mass is 232 g/mol. The molecule has 0 saturated carbocycles. The van der Waals surface area contributed by atoms with Crippen LogP contribution < -0.4 is 0 Å². The fraction of sp³-hybridized carbons (Fsp3) is 0.467. The third-order valence-corrected chi connectivity index (χ3v) is 3.13. The third kappa shape index (κ3) is 2.04. The van der Waals surface area contributed by atoms with Gasteiger partial charge in [-0.2, -0.15) is 0 Å². The van der Waals surface area contributed by atoms with Gasteiger partial charge in [0, 0.05) is 16.5 Å². The van der Waals surface area contributed by atoms with Gasteiger partial charge in [0.15, 0.2) is 0 Å². The third-order valence-electron chi connectivity index (χ3n) is 3.13. The molecule has 0 unspecified atom stereocenters. The molecule has 0 atom stereocenters. The summed E-state index contributed by atoms with van der Waals surface area (Å²) < 4.78 is 5.68. The quantitative estimate of drug-likeness (QED) is 0.833. The van der Waals surface area contributed by atoms with E-state index in [1.165, 1.54) is 5.56 Å². The number of rotatable bonds is 2. The van der Waals surface area contributed by atoms with Gasteiger partial charge >= 0.3 is 0 Å². The Morgan fingerprint density at radius 3 is 2.53 bits per heavy atom. The molecule has 1 aromatic heterocycles. The van der Waals surface area contributed by atoms with Gasteiger partial charge in [0.25, 0.3) is 0 Å². The van der Waals surface area contributed by atoms with Crippen LogP contribution in [0.3, 0.4) is 0 Å². The number of aryl methyl sites for hydroxylation is 1. The van der Waals surface area contributed by atoms with Crippen LogP contribution >= 0.6 is 0 Å². The van der Waals surface area contributed by atoms with Crippen molar-refractivity contribution in [1.82, 2.24) is 0 Å². The lowest BCUT2D eigenvalue weighted by Gasteiger charge is -2.16. The fourth-order valence-corrected chi connectivity index (χ4v) is 2.22. The largest absolute Gasteiger partial charge is 0.508 e. The van der Waals surface area contributed by atoms with E-state index in [0.717, 1.165) is 29.4 Å². The minimum absolute atomic E-state index is 0.0612. The van der Waals surface area contributed by atoms with E-state index in [1.54, 1.807) is 6.07 Å². The Kier molecular flexibility index (Phi) is 2.90. The first-order valence-corrected chi connectivity index (χ1v) is 6.17. The van der Waals surface area contributed by atoms with Crippen LogP contribution in [0.2, 0.25) is 0 Å². The summed E-state index contributed by atoms with van der Waals surface area (Å²) in [6, 6.07) is 3.73. The summed E-state index contributed by atoms with van der Waals surface area (Å²) in [5.41, 5.74) is 3.04. The van der Waals surface area contributed by atoms with E-state index in [1.807, 2.05) is 12.3 Å². The Bertz CT molecular complexity index is 530. The molecule has 0 aliphatic heterocycles. The Labute approximate surface area is 102 Å². The second kappa shape index (κ2) is 4.10. The number of benzene rings is 1. The highest BCUT2D eigenvalue weighted by atomic mass is 16.3. The van der Waals surface area contributed by atoms with Crippen LogP contribution in [0.15, 0.2) is 22.8 Å². The minimum atomic E-state index is 0.0612. The zero-order valence-corrected chi connectivity index (χ0v) is 11.0. The Balaban J connectivity index is 2.68. The van der Waals surface area contributed by atoms with Gasteiger partial charge in [0.1, 0.15) is 11.3 Å². The molecule has 0 saturated heterocycles. The van der Waals surface area contributed by atoms with Gasteiger partial charge in [-0.15, -0.1) is 0 Å². The maximum absolute atomic E-state index is 9.89. The van der Waals surface area contributed by atoms with Gasteiger partial charge in [0.05, 0.1) is 6.26 Å². The molecule has 0 spiro atoms. The average molecular weight is 232 g/mol. The van der Waals surface area contributed by atoms with E-state index in [0.29, 0.717) is 5.75 Å². The van der Waals surface area contributed by atoms with Crippen molar-refractivity contribution in [2.45, 2.75) is 46.0 Å². The molecular weight excluding hydrogens is 212 g/mol. The fourth-order valence-electron chi connectivity index (χ4n) is 2.22. The lowest BCUT2D eigenvalue weighted by molar-refractivity contribution is 0.466. The molecule has 2 nitrogen and oxygen atoms in total. The van der Waals surface area contributed by atoms with Gasteiger partial charge in [-0.05, 0) is 24.0 Å². The molecule has 2 rings (SSSR count). The number of hydrogen-bond donors (Lipinski definition) is 1. The smallest absolute Gasteiger partial charge is 0.141 e. The summed E-state index contributed by atoms with van der Waals surface area (Å²) in [5, 5.41) is 11.0. The molecule has 2 aromatic rings. The van der Waals surface area contributed by atoms with Crippen molar-refractivity contribution in [1.29, 1.82) is 0 Å². The Hall–Kier alpha value is -1.44. The van der Waals surface area contributed by atoms with Crippen LogP contribution in [-0.4, -0.2) is 5.11 Å². The molecule has 0 radical (unpaired) electrons. The first-order valence-electron chi connectivity index (χ1n) is 6.17. The predicted octanol–water partition coefficient (Wildman–Crippen LogP) is 4.39. The number of furan rings is 1. The van der Waals surface area contributed by atoms with Crippen LogP contribution in [-0.2, 0) is 11.8 Å². The lowest BCUT2D eigenvalue weighted by Crippen LogP contribution is -2.09. The van der Waals surface area contributed by atoms with E-state index >= 15 is 0 Å². The van der Waals surface area contributed by atoms with Crippen LogP contribution in [0.5, 0.6) is 5.75 Å². The number of hydrogen-bond acceptors (Lipinski definition) is 2. The molecule has 0 fully saturated rings. The number of fused-ring (bicyclic) bond motifs is 1. The van der Waals surface area contributed by atoms with Gasteiger partial charge < -0.3 is 9.52 Å². The topological polar surface area (TPSA) is 33.4 Å².